The summed E-state index contributed by atoms with van der Waals surface area (Å²) in [6.07, 6.45) is 3.24. The number of aromatic nitrogens is 2. The number of hydrogen-bond acceptors (Lipinski definition) is 4. The summed E-state index contributed by atoms with van der Waals surface area (Å²) >= 11 is 0. The van der Waals surface area contributed by atoms with Crippen LogP contribution >= 0.6 is 12.4 Å². The SMILES string of the molecule is CN1CCC=C(c2noc(-c3ccccc3)n2)C1.Cl. The number of hydrogen-bond donors (Lipinski definition) is 0. The van der Waals surface area contributed by atoms with Crippen molar-refractivity contribution >= 4 is 18.0 Å². The maximum absolute atomic E-state index is 5.32. The Kier molecular flexibility index (Phi) is 4.35. The minimum absolute atomic E-state index is 0. The molecule has 0 radical (unpaired) electrons. The molecule has 1 aliphatic heterocycles. The van der Waals surface area contributed by atoms with Gasteiger partial charge in [0.2, 0.25) is 0 Å². The number of likely N-dealkylation sites (N-methyl/N-ethyl adjacent to an activating group) is 1. The predicted molar refractivity (Wildman–Crippen MR) is 77.1 cm³/mol. The van der Waals surface area contributed by atoms with Crippen molar-refractivity contribution in [3.05, 3.63) is 42.2 Å². The predicted octanol–water partition coefficient (Wildman–Crippen LogP) is 2.88. The Morgan fingerprint density at radius 2 is 2.00 bits per heavy atom. The third-order valence-electron chi connectivity index (χ3n) is 3.08. The van der Waals surface area contributed by atoms with Crippen LogP contribution in [-0.4, -0.2) is 35.2 Å². The highest BCUT2D eigenvalue weighted by Crippen LogP contribution is 2.21. The van der Waals surface area contributed by atoms with Gasteiger partial charge in [-0.25, -0.2) is 0 Å². The van der Waals surface area contributed by atoms with Crippen LogP contribution in [0.25, 0.3) is 17.0 Å². The largest absolute Gasteiger partial charge is 0.334 e. The lowest BCUT2D eigenvalue weighted by Crippen LogP contribution is -2.25. The van der Waals surface area contributed by atoms with Crippen molar-refractivity contribution in [2.75, 3.05) is 20.1 Å². The summed E-state index contributed by atoms with van der Waals surface area (Å²) in [7, 11) is 2.10. The molecule has 1 aromatic carbocycles. The topological polar surface area (TPSA) is 42.2 Å². The highest BCUT2D eigenvalue weighted by atomic mass is 35.5. The molecule has 2 aromatic rings. The molecule has 0 spiro atoms. The van der Waals surface area contributed by atoms with Gasteiger partial charge in [-0.1, -0.05) is 29.4 Å². The monoisotopic (exact) mass is 277 g/mol. The van der Waals surface area contributed by atoms with Gasteiger partial charge in [0.25, 0.3) is 5.89 Å². The van der Waals surface area contributed by atoms with Crippen molar-refractivity contribution in [2.24, 2.45) is 0 Å². The summed E-state index contributed by atoms with van der Waals surface area (Å²) in [6.45, 7) is 1.97. The highest BCUT2D eigenvalue weighted by molar-refractivity contribution is 5.85. The van der Waals surface area contributed by atoms with E-state index in [-0.39, 0.29) is 12.4 Å². The van der Waals surface area contributed by atoms with Crippen LogP contribution in [0.1, 0.15) is 12.2 Å². The fourth-order valence-corrected chi connectivity index (χ4v) is 2.11. The Labute approximate surface area is 118 Å². The molecule has 2 heterocycles. The zero-order valence-electron chi connectivity index (χ0n) is 10.7. The fraction of sp³-hybridized carbons (Fsp3) is 0.286. The Balaban J connectivity index is 0.00000133. The van der Waals surface area contributed by atoms with Gasteiger partial charge in [-0.15, -0.1) is 12.4 Å². The first-order chi connectivity index (χ1) is 8.83. The van der Waals surface area contributed by atoms with Crippen molar-refractivity contribution < 1.29 is 4.52 Å². The first-order valence-corrected chi connectivity index (χ1v) is 6.10. The number of benzene rings is 1. The Morgan fingerprint density at radius 3 is 2.74 bits per heavy atom. The smallest absolute Gasteiger partial charge is 0.258 e. The minimum Gasteiger partial charge on any atom is -0.334 e. The average Bonchev–Trinajstić information content (AvgIpc) is 2.89. The highest BCUT2D eigenvalue weighted by Gasteiger charge is 2.16. The van der Waals surface area contributed by atoms with Crippen LogP contribution in [0.5, 0.6) is 0 Å². The molecule has 1 aromatic heterocycles. The summed E-state index contributed by atoms with van der Waals surface area (Å²) in [5.41, 5.74) is 2.11. The van der Waals surface area contributed by atoms with E-state index in [0.717, 1.165) is 30.6 Å². The van der Waals surface area contributed by atoms with Crippen molar-refractivity contribution in [3.8, 4) is 11.5 Å². The molecule has 4 nitrogen and oxygen atoms in total. The van der Waals surface area contributed by atoms with Gasteiger partial charge in [0.1, 0.15) is 0 Å². The summed E-state index contributed by atoms with van der Waals surface area (Å²) < 4.78 is 5.32. The van der Waals surface area contributed by atoms with E-state index < -0.39 is 0 Å². The van der Waals surface area contributed by atoms with E-state index in [0.29, 0.717) is 11.7 Å². The lowest BCUT2D eigenvalue weighted by molar-refractivity contribution is 0.370. The zero-order chi connectivity index (χ0) is 12.4. The van der Waals surface area contributed by atoms with E-state index in [1.165, 1.54) is 0 Å². The van der Waals surface area contributed by atoms with Crippen molar-refractivity contribution in [1.82, 2.24) is 15.0 Å². The molecule has 0 fully saturated rings. The molecule has 0 amide bonds. The van der Waals surface area contributed by atoms with Crippen molar-refractivity contribution in [1.29, 1.82) is 0 Å². The normalized spacial score (nSPS) is 15.7. The molecule has 0 unspecified atom stereocenters. The molecule has 0 atom stereocenters. The van der Waals surface area contributed by atoms with Crippen LogP contribution in [0.3, 0.4) is 0 Å². The van der Waals surface area contributed by atoms with Crippen LogP contribution in [0.15, 0.2) is 40.9 Å². The summed E-state index contributed by atoms with van der Waals surface area (Å²) in [6, 6.07) is 9.84. The first kappa shape index (κ1) is 13.8. The Morgan fingerprint density at radius 1 is 1.21 bits per heavy atom. The maximum Gasteiger partial charge on any atom is 0.258 e. The molecular formula is C14H16ClN3O. The van der Waals surface area contributed by atoms with E-state index in [4.69, 9.17) is 4.52 Å². The summed E-state index contributed by atoms with van der Waals surface area (Å²) in [5, 5.41) is 4.07. The molecule has 0 saturated heterocycles. The second-order valence-corrected chi connectivity index (χ2v) is 4.54. The van der Waals surface area contributed by atoms with Crippen LogP contribution in [-0.2, 0) is 0 Å². The molecule has 5 heteroatoms. The Bertz CT molecular complexity index is 565. The number of nitrogens with zero attached hydrogens (tertiary/aromatic N) is 3. The summed E-state index contributed by atoms with van der Waals surface area (Å²) in [4.78, 5) is 6.72. The van der Waals surface area contributed by atoms with Gasteiger partial charge in [0, 0.05) is 24.2 Å². The van der Waals surface area contributed by atoms with Crippen molar-refractivity contribution in [2.45, 2.75) is 6.42 Å². The number of rotatable bonds is 2. The zero-order valence-corrected chi connectivity index (χ0v) is 11.6. The first-order valence-electron chi connectivity index (χ1n) is 6.10. The van der Waals surface area contributed by atoms with E-state index >= 15 is 0 Å². The number of halogens is 1. The standard InChI is InChI=1S/C14H15N3O.ClH/c1-17-9-5-8-12(10-17)13-15-14(18-16-13)11-6-3-2-4-7-11;/h2-4,6-8H,5,9-10H2,1H3;1H. The van der Waals surface area contributed by atoms with E-state index in [1.54, 1.807) is 0 Å². The molecular weight excluding hydrogens is 262 g/mol. The van der Waals surface area contributed by atoms with Gasteiger partial charge in [0.15, 0.2) is 5.82 Å². The molecule has 0 bridgehead atoms. The minimum atomic E-state index is 0. The van der Waals surface area contributed by atoms with Crippen LogP contribution in [0.2, 0.25) is 0 Å². The van der Waals surface area contributed by atoms with Gasteiger partial charge in [0.05, 0.1) is 0 Å². The second kappa shape index (κ2) is 5.99. The Hall–Kier alpha value is -1.65. The van der Waals surface area contributed by atoms with E-state index in [1.807, 2.05) is 30.3 Å². The lowest BCUT2D eigenvalue weighted by atomic mass is 10.1. The van der Waals surface area contributed by atoms with Crippen LogP contribution in [0.4, 0.5) is 0 Å². The second-order valence-electron chi connectivity index (χ2n) is 4.54. The molecule has 100 valence electrons. The van der Waals surface area contributed by atoms with Crippen LogP contribution in [0, 0.1) is 0 Å². The van der Waals surface area contributed by atoms with Gasteiger partial charge < -0.3 is 9.42 Å². The lowest BCUT2D eigenvalue weighted by Gasteiger charge is -2.20. The maximum atomic E-state index is 5.32. The van der Waals surface area contributed by atoms with Gasteiger partial charge in [-0.3, -0.25) is 0 Å². The average molecular weight is 278 g/mol. The molecule has 0 N–H and O–H groups in total. The molecule has 19 heavy (non-hydrogen) atoms. The third-order valence-corrected chi connectivity index (χ3v) is 3.08. The molecule has 1 aliphatic rings. The van der Waals surface area contributed by atoms with Crippen LogP contribution < -0.4 is 0 Å². The quantitative estimate of drug-likeness (QED) is 0.846. The third kappa shape index (κ3) is 3.03. The molecule has 0 saturated carbocycles. The van der Waals surface area contributed by atoms with Gasteiger partial charge in [-0.05, 0) is 25.6 Å². The van der Waals surface area contributed by atoms with Crippen molar-refractivity contribution in [3.63, 3.8) is 0 Å². The van der Waals surface area contributed by atoms with E-state index in [2.05, 4.69) is 28.2 Å². The van der Waals surface area contributed by atoms with E-state index in [9.17, 15) is 0 Å². The molecule has 0 aliphatic carbocycles. The molecule has 3 rings (SSSR count). The fourth-order valence-electron chi connectivity index (χ4n) is 2.11. The van der Waals surface area contributed by atoms with Gasteiger partial charge >= 0.3 is 0 Å². The van der Waals surface area contributed by atoms with Gasteiger partial charge in [-0.2, -0.15) is 4.98 Å². The summed E-state index contributed by atoms with van der Waals surface area (Å²) in [5.74, 6) is 1.29.